The number of pyridine rings is 1. The van der Waals surface area contributed by atoms with Gasteiger partial charge in [-0.1, -0.05) is 35.9 Å². The highest BCUT2D eigenvalue weighted by atomic mass is 35.5. The van der Waals surface area contributed by atoms with Gasteiger partial charge in [0.05, 0.1) is 19.0 Å². The molecule has 3 rings (SSSR count). The first-order valence-electron chi connectivity index (χ1n) is 8.95. The number of amides is 1. The number of halogens is 1. The van der Waals surface area contributed by atoms with Crippen LogP contribution in [0, 0.1) is 0 Å². The van der Waals surface area contributed by atoms with Crippen molar-refractivity contribution in [2.45, 2.75) is 19.3 Å². The molecule has 3 aromatic rings. The zero-order chi connectivity index (χ0) is 19.8. The molecular weight excluding hydrogens is 376 g/mol. The molecule has 2 aromatic carbocycles. The Balaban J connectivity index is 1.48. The summed E-state index contributed by atoms with van der Waals surface area (Å²) in [6, 6.07) is 18.5. The number of benzene rings is 2. The number of carbonyl (C=O) groups is 1. The Morgan fingerprint density at radius 3 is 2.46 bits per heavy atom. The topological polar surface area (TPSA) is 60.5 Å². The fraction of sp³-hybridized carbons (Fsp3) is 0.182. The maximum absolute atomic E-state index is 12.1. The summed E-state index contributed by atoms with van der Waals surface area (Å²) >= 11 is 5.87. The minimum Gasteiger partial charge on any atom is -0.493 e. The second kappa shape index (κ2) is 9.76. The Labute approximate surface area is 169 Å². The molecule has 0 radical (unpaired) electrons. The molecule has 0 fully saturated rings. The second-order valence-electron chi connectivity index (χ2n) is 6.17. The van der Waals surface area contributed by atoms with Crippen molar-refractivity contribution in [3.63, 3.8) is 0 Å². The summed E-state index contributed by atoms with van der Waals surface area (Å²) < 4.78 is 11.0. The Bertz CT molecular complexity index is 912. The highest BCUT2D eigenvalue weighted by molar-refractivity contribution is 6.30. The maximum Gasteiger partial charge on any atom is 0.224 e. The SMILES string of the molecule is COc1ccccc1Oc1ccc(NC(=O)CCCc2ccc(Cl)cc2)cn1. The van der Waals surface area contributed by atoms with E-state index in [0.717, 1.165) is 18.4 Å². The van der Waals surface area contributed by atoms with Crippen LogP contribution in [0.25, 0.3) is 0 Å². The lowest BCUT2D eigenvalue weighted by Gasteiger charge is -2.10. The first-order valence-corrected chi connectivity index (χ1v) is 9.33. The van der Waals surface area contributed by atoms with E-state index in [-0.39, 0.29) is 5.91 Å². The zero-order valence-corrected chi connectivity index (χ0v) is 16.3. The van der Waals surface area contributed by atoms with E-state index in [0.29, 0.717) is 34.5 Å². The molecular formula is C22H21ClN2O3. The van der Waals surface area contributed by atoms with Crippen molar-refractivity contribution in [1.82, 2.24) is 4.98 Å². The number of hydrogen-bond donors (Lipinski definition) is 1. The summed E-state index contributed by atoms with van der Waals surface area (Å²) in [6.45, 7) is 0. The van der Waals surface area contributed by atoms with E-state index in [4.69, 9.17) is 21.1 Å². The Hall–Kier alpha value is -3.05. The summed E-state index contributed by atoms with van der Waals surface area (Å²) in [5, 5.41) is 3.56. The van der Waals surface area contributed by atoms with Crippen molar-refractivity contribution in [3.05, 3.63) is 77.4 Å². The van der Waals surface area contributed by atoms with Gasteiger partial charge in [-0.15, -0.1) is 0 Å². The number of nitrogens with zero attached hydrogens (tertiary/aromatic N) is 1. The van der Waals surface area contributed by atoms with E-state index in [9.17, 15) is 4.79 Å². The molecule has 0 saturated heterocycles. The second-order valence-corrected chi connectivity index (χ2v) is 6.60. The monoisotopic (exact) mass is 396 g/mol. The van der Waals surface area contributed by atoms with Crippen molar-refractivity contribution in [2.24, 2.45) is 0 Å². The van der Waals surface area contributed by atoms with Crippen LogP contribution in [0.15, 0.2) is 66.9 Å². The third-order valence-electron chi connectivity index (χ3n) is 4.09. The predicted molar refractivity (Wildman–Crippen MR) is 110 cm³/mol. The van der Waals surface area contributed by atoms with Gasteiger partial charge in [-0.25, -0.2) is 4.98 Å². The lowest BCUT2D eigenvalue weighted by Crippen LogP contribution is -2.11. The minimum atomic E-state index is -0.0471. The number of aryl methyl sites for hydroxylation is 1. The fourth-order valence-electron chi connectivity index (χ4n) is 2.66. The van der Waals surface area contributed by atoms with Gasteiger partial charge in [-0.3, -0.25) is 4.79 Å². The van der Waals surface area contributed by atoms with Gasteiger partial charge in [-0.2, -0.15) is 0 Å². The van der Waals surface area contributed by atoms with Crippen LogP contribution in [0.2, 0.25) is 5.02 Å². The summed E-state index contributed by atoms with van der Waals surface area (Å²) in [5.41, 5.74) is 1.79. The molecule has 0 aliphatic heterocycles. The zero-order valence-electron chi connectivity index (χ0n) is 15.5. The molecule has 5 nitrogen and oxygen atoms in total. The van der Waals surface area contributed by atoms with Crippen molar-refractivity contribution in [2.75, 3.05) is 12.4 Å². The number of aromatic nitrogens is 1. The van der Waals surface area contributed by atoms with E-state index in [1.807, 2.05) is 42.5 Å². The van der Waals surface area contributed by atoms with Gasteiger partial charge in [0.15, 0.2) is 11.5 Å². The van der Waals surface area contributed by atoms with Crippen LogP contribution in [0.4, 0.5) is 5.69 Å². The van der Waals surface area contributed by atoms with Crippen LogP contribution in [-0.2, 0) is 11.2 Å². The van der Waals surface area contributed by atoms with Crippen LogP contribution in [0.5, 0.6) is 17.4 Å². The molecule has 0 atom stereocenters. The Kier molecular flexibility index (Phi) is 6.87. The highest BCUT2D eigenvalue weighted by Crippen LogP contribution is 2.30. The first kappa shape index (κ1) is 19.7. The number of anilines is 1. The Morgan fingerprint density at radius 2 is 1.79 bits per heavy atom. The number of rotatable bonds is 8. The van der Waals surface area contributed by atoms with Gasteiger partial charge >= 0.3 is 0 Å². The number of methoxy groups -OCH3 is 1. The molecule has 0 aliphatic rings. The fourth-order valence-corrected chi connectivity index (χ4v) is 2.78. The van der Waals surface area contributed by atoms with Gasteiger partial charge < -0.3 is 14.8 Å². The highest BCUT2D eigenvalue weighted by Gasteiger charge is 2.07. The summed E-state index contributed by atoms with van der Waals surface area (Å²) in [5.74, 6) is 1.58. The van der Waals surface area contributed by atoms with Crippen molar-refractivity contribution in [1.29, 1.82) is 0 Å². The van der Waals surface area contributed by atoms with Gasteiger partial charge in [0.25, 0.3) is 0 Å². The van der Waals surface area contributed by atoms with E-state index in [1.54, 1.807) is 31.5 Å². The average molecular weight is 397 g/mol. The summed E-state index contributed by atoms with van der Waals surface area (Å²) in [6.07, 6.45) is 3.59. The van der Waals surface area contributed by atoms with Crippen molar-refractivity contribution < 1.29 is 14.3 Å². The average Bonchev–Trinajstić information content (AvgIpc) is 2.71. The number of hydrogen-bond acceptors (Lipinski definition) is 4. The molecule has 1 N–H and O–H groups in total. The molecule has 0 bridgehead atoms. The van der Waals surface area contributed by atoms with Crippen LogP contribution >= 0.6 is 11.6 Å². The number of nitrogens with one attached hydrogen (secondary N) is 1. The Morgan fingerprint density at radius 1 is 1.04 bits per heavy atom. The molecule has 0 saturated carbocycles. The number of ether oxygens (including phenoxy) is 2. The lowest BCUT2D eigenvalue weighted by molar-refractivity contribution is -0.116. The van der Waals surface area contributed by atoms with Crippen LogP contribution < -0.4 is 14.8 Å². The molecule has 1 aromatic heterocycles. The quantitative estimate of drug-likeness (QED) is 0.546. The van der Waals surface area contributed by atoms with Crippen LogP contribution in [0.3, 0.4) is 0 Å². The van der Waals surface area contributed by atoms with Gasteiger partial charge in [0.1, 0.15) is 0 Å². The lowest BCUT2D eigenvalue weighted by atomic mass is 10.1. The normalized spacial score (nSPS) is 10.4. The minimum absolute atomic E-state index is 0.0471. The summed E-state index contributed by atoms with van der Waals surface area (Å²) in [7, 11) is 1.58. The molecule has 28 heavy (non-hydrogen) atoms. The van der Waals surface area contributed by atoms with E-state index < -0.39 is 0 Å². The first-order chi connectivity index (χ1) is 13.6. The van der Waals surface area contributed by atoms with E-state index >= 15 is 0 Å². The van der Waals surface area contributed by atoms with Gasteiger partial charge in [0, 0.05) is 17.5 Å². The molecule has 0 spiro atoms. The summed E-state index contributed by atoms with van der Waals surface area (Å²) in [4.78, 5) is 16.3. The van der Waals surface area contributed by atoms with Crippen molar-refractivity contribution in [3.8, 4) is 17.4 Å². The molecule has 6 heteroatoms. The third-order valence-corrected chi connectivity index (χ3v) is 4.34. The predicted octanol–water partition coefficient (Wildman–Crippen LogP) is 5.50. The maximum atomic E-state index is 12.1. The van der Waals surface area contributed by atoms with Gasteiger partial charge in [-0.05, 0) is 48.7 Å². The molecule has 1 heterocycles. The van der Waals surface area contributed by atoms with Crippen LogP contribution in [-0.4, -0.2) is 18.0 Å². The largest absolute Gasteiger partial charge is 0.493 e. The smallest absolute Gasteiger partial charge is 0.224 e. The molecule has 0 unspecified atom stereocenters. The van der Waals surface area contributed by atoms with Crippen molar-refractivity contribution >= 4 is 23.2 Å². The number of carbonyl (C=O) groups excluding carboxylic acids is 1. The third kappa shape index (κ3) is 5.72. The molecule has 1 amide bonds. The van der Waals surface area contributed by atoms with E-state index in [2.05, 4.69) is 10.3 Å². The van der Waals surface area contributed by atoms with E-state index in [1.165, 1.54) is 0 Å². The van der Waals surface area contributed by atoms with Gasteiger partial charge in [0.2, 0.25) is 11.8 Å². The molecule has 144 valence electrons. The number of para-hydroxylation sites is 2. The molecule has 0 aliphatic carbocycles. The van der Waals surface area contributed by atoms with Crippen LogP contribution in [0.1, 0.15) is 18.4 Å². The standard InChI is InChI=1S/C22H21ClN2O3/c1-27-19-6-2-3-7-20(19)28-22-14-13-18(15-24-22)25-21(26)8-4-5-16-9-11-17(23)12-10-16/h2-3,6-7,9-15H,4-5,8H2,1H3,(H,25,26).